The quantitative estimate of drug-likeness (QED) is 0.532. The van der Waals surface area contributed by atoms with Crippen molar-refractivity contribution in [1.29, 1.82) is 0 Å². The molecule has 0 bridgehead atoms. The number of benzene rings is 3. The molecular formula is C25H27N3O5S. The summed E-state index contributed by atoms with van der Waals surface area (Å²) in [6.45, 7) is 2.59. The molecule has 0 aromatic heterocycles. The van der Waals surface area contributed by atoms with Gasteiger partial charge in [-0.1, -0.05) is 18.2 Å². The lowest BCUT2D eigenvalue weighted by Crippen LogP contribution is -2.50. The van der Waals surface area contributed by atoms with Gasteiger partial charge in [0.05, 0.1) is 12.0 Å². The van der Waals surface area contributed by atoms with Gasteiger partial charge in [0.15, 0.2) is 6.61 Å². The fraction of sp³-hybridized carbons (Fsp3) is 0.240. The van der Waals surface area contributed by atoms with Crippen molar-refractivity contribution >= 4 is 27.3 Å². The molecule has 3 aromatic rings. The van der Waals surface area contributed by atoms with E-state index in [1.807, 2.05) is 30.3 Å². The van der Waals surface area contributed by atoms with E-state index in [1.54, 1.807) is 48.4 Å². The minimum absolute atomic E-state index is 0.100. The molecule has 1 aliphatic heterocycles. The normalized spacial score (nSPS) is 13.9. The van der Waals surface area contributed by atoms with Crippen molar-refractivity contribution in [3.63, 3.8) is 0 Å². The molecule has 178 valence electrons. The van der Waals surface area contributed by atoms with Gasteiger partial charge in [-0.15, -0.1) is 0 Å². The number of piperazine rings is 1. The Morgan fingerprint density at radius 3 is 2.09 bits per heavy atom. The minimum Gasteiger partial charge on any atom is -0.497 e. The molecule has 4 rings (SSSR count). The van der Waals surface area contributed by atoms with Gasteiger partial charge in [0.25, 0.3) is 15.9 Å². The van der Waals surface area contributed by atoms with E-state index in [2.05, 4.69) is 9.62 Å². The number of nitrogens with one attached hydrogen (secondary N) is 1. The van der Waals surface area contributed by atoms with Crippen LogP contribution in [0.4, 0.5) is 11.4 Å². The average molecular weight is 482 g/mol. The van der Waals surface area contributed by atoms with E-state index in [0.717, 1.165) is 24.5 Å². The van der Waals surface area contributed by atoms with Crippen molar-refractivity contribution in [3.05, 3.63) is 78.9 Å². The smallest absolute Gasteiger partial charge is 0.261 e. The fourth-order valence-corrected chi connectivity index (χ4v) is 4.74. The maximum absolute atomic E-state index is 12.6. The van der Waals surface area contributed by atoms with Gasteiger partial charge in [0.1, 0.15) is 11.5 Å². The Hall–Kier alpha value is -3.72. The summed E-state index contributed by atoms with van der Waals surface area (Å²) in [7, 11) is -2.06. The van der Waals surface area contributed by atoms with Crippen LogP contribution in [0.3, 0.4) is 0 Å². The van der Waals surface area contributed by atoms with Crippen LogP contribution >= 0.6 is 0 Å². The molecule has 1 saturated heterocycles. The maximum Gasteiger partial charge on any atom is 0.261 e. The molecular weight excluding hydrogens is 454 g/mol. The first-order valence-electron chi connectivity index (χ1n) is 10.9. The number of rotatable bonds is 8. The monoisotopic (exact) mass is 481 g/mol. The molecule has 1 fully saturated rings. The van der Waals surface area contributed by atoms with Crippen molar-refractivity contribution in [3.8, 4) is 11.5 Å². The molecule has 9 heteroatoms. The molecule has 1 heterocycles. The summed E-state index contributed by atoms with van der Waals surface area (Å²) in [6.07, 6.45) is 0. The minimum atomic E-state index is -3.70. The second-order valence-corrected chi connectivity index (χ2v) is 9.48. The van der Waals surface area contributed by atoms with Gasteiger partial charge >= 0.3 is 0 Å². The summed E-state index contributed by atoms with van der Waals surface area (Å²) in [4.78, 5) is 16.7. The van der Waals surface area contributed by atoms with Crippen LogP contribution in [-0.2, 0) is 14.8 Å². The topological polar surface area (TPSA) is 88.2 Å². The number of para-hydroxylation sites is 1. The zero-order chi connectivity index (χ0) is 24.0. The summed E-state index contributed by atoms with van der Waals surface area (Å²) in [5, 5.41) is 0. The average Bonchev–Trinajstić information content (AvgIpc) is 2.88. The zero-order valence-electron chi connectivity index (χ0n) is 18.9. The van der Waals surface area contributed by atoms with Crippen molar-refractivity contribution in [2.24, 2.45) is 0 Å². The lowest BCUT2D eigenvalue weighted by molar-refractivity contribution is -0.133. The molecule has 0 radical (unpaired) electrons. The van der Waals surface area contributed by atoms with Crippen molar-refractivity contribution < 1.29 is 22.7 Å². The zero-order valence-corrected chi connectivity index (χ0v) is 19.7. The van der Waals surface area contributed by atoms with E-state index >= 15 is 0 Å². The number of methoxy groups -OCH3 is 1. The lowest BCUT2D eigenvalue weighted by Gasteiger charge is -2.36. The summed E-state index contributed by atoms with van der Waals surface area (Å²) in [5.74, 6) is 1.15. The molecule has 0 atom stereocenters. The highest BCUT2D eigenvalue weighted by Gasteiger charge is 2.22. The predicted molar refractivity (Wildman–Crippen MR) is 131 cm³/mol. The Bertz CT molecular complexity index is 1190. The summed E-state index contributed by atoms with van der Waals surface area (Å²) < 4.78 is 38.4. The van der Waals surface area contributed by atoms with Gasteiger partial charge in [-0.25, -0.2) is 8.42 Å². The highest BCUT2D eigenvalue weighted by Crippen LogP contribution is 2.21. The first kappa shape index (κ1) is 23.4. The van der Waals surface area contributed by atoms with Crippen LogP contribution in [-0.4, -0.2) is 59.1 Å². The maximum atomic E-state index is 12.6. The first-order chi connectivity index (χ1) is 16.4. The molecule has 0 aliphatic carbocycles. The van der Waals surface area contributed by atoms with Crippen molar-refractivity contribution in [2.75, 3.05) is 49.5 Å². The van der Waals surface area contributed by atoms with Crippen LogP contribution in [0.5, 0.6) is 11.5 Å². The summed E-state index contributed by atoms with van der Waals surface area (Å²) >= 11 is 0. The van der Waals surface area contributed by atoms with Crippen LogP contribution < -0.4 is 19.1 Å². The second kappa shape index (κ2) is 10.5. The Morgan fingerprint density at radius 2 is 1.47 bits per heavy atom. The number of hydrogen-bond acceptors (Lipinski definition) is 6. The van der Waals surface area contributed by atoms with Crippen LogP contribution in [0.25, 0.3) is 0 Å². The first-order valence-corrected chi connectivity index (χ1v) is 12.4. The number of ether oxygens (including phenoxy) is 2. The number of amides is 1. The predicted octanol–water partition coefficient (Wildman–Crippen LogP) is 3.22. The standard InChI is InChI=1S/C25H27N3O5S/c1-32-22-9-7-21(8-10-22)27-15-17-28(18-16-27)25(29)19-33-23-11-13-24(14-12-23)34(30,31)26-20-5-3-2-4-6-20/h2-14,26H,15-19H2,1H3. The number of sulfonamides is 1. The molecule has 1 amide bonds. The summed E-state index contributed by atoms with van der Waals surface area (Å²) in [5.41, 5.74) is 1.58. The van der Waals surface area contributed by atoms with Crippen molar-refractivity contribution in [1.82, 2.24) is 4.90 Å². The molecule has 34 heavy (non-hydrogen) atoms. The lowest BCUT2D eigenvalue weighted by atomic mass is 10.2. The van der Waals surface area contributed by atoms with Gasteiger partial charge in [0, 0.05) is 37.6 Å². The third kappa shape index (κ3) is 5.79. The molecule has 8 nitrogen and oxygen atoms in total. The summed E-state index contributed by atoms with van der Waals surface area (Å²) in [6, 6.07) is 22.6. The molecule has 3 aromatic carbocycles. The fourth-order valence-electron chi connectivity index (χ4n) is 3.68. The number of nitrogens with zero attached hydrogens (tertiary/aromatic N) is 2. The van der Waals surface area contributed by atoms with Gasteiger partial charge in [-0.3, -0.25) is 9.52 Å². The second-order valence-electron chi connectivity index (χ2n) is 7.80. The van der Waals surface area contributed by atoms with Crippen LogP contribution in [0.1, 0.15) is 0 Å². The SMILES string of the molecule is COc1ccc(N2CCN(C(=O)COc3ccc(S(=O)(=O)Nc4ccccc4)cc3)CC2)cc1. The van der Waals surface area contributed by atoms with E-state index in [-0.39, 0.29) is 17.4 Å². The Labute approximate surface area is 199 Å². The largest absolute Gasteiger partial charge is 0.497 e. The van der Waals surface area contributed by atoms with Crippen LogP contribution in [0.15, 0.2) is 83.8 Å². The molecule has 1 aliphatic rings. The Kier molecular flexibility index (Phi) is 7.22. The van der Waals surface area contributed by atoms with Crippen molar-refractivity contribution in [2.45, 2.75) is 4.90 Å². The van der Waals surface area contributed by atoms with Gasteiger partial charge in [-0.05, 0) is 60.7 Å². The Morgan fingerprint density at radius 1 is 0.853 bits per heavy atom. The Balaban J connectivity index is 1.26. The van der Waals surface area contributed by atoms with E-state index in [0.29, 0.717) is 24.5 Å². The molecule has 0 saturated carbocycles. The number of carbonyl (C=O) groups is 1. The number of anilines is 2. The van der Waals surface area contributed by atoms with E-state index in [1.165, 1.54) is 12.1 Å². The highest BCUT2D eigenvalue weighted by molar-refractivity contribution is 7.92. The molecule has 0 unspecified atom stereocenters. The third-order valence-corrected chi connectivity index (χ3v) is 6.99. The van der Waals surface area contributed by atoms with Crippen LogP contribution in [0, 0.1) is 0 Å². The van der Waals surface area contributed by atoms with Gasteiger partial charge < -0.3 is 19.3 Å². The van der Waals surface area contributed by atoms with Crippen LogP contribution in [0.2, 0.25) is 0 Å². The van der Waals surface area contributed by atoms with E-state index in [9.17, 15) is 13.2 Å². The van der Waals surface area contributed by atoms with Gasteiger partial charge in [-0.2, -0.15) is 0 Å². The number of carbonyl (C=O) groups excluding carboxylic acids is 1. The highest BCUT2D eigenvalue weighted by atomic mass is 32.2. The molecule has 0 spiro atoms. The van der Waals surface area contributed by atoms with E-state index < -0.39 is 10.0 Å². The van der Waals surface area contributed by atoms with Gasteiger partial charge in [0.2, 0.25) is 0 Å². The van der Waals surface area contributed by atoms with E-state index in [4.69, 9.17) is 9.47 Å². The number of hydrogen-bond donors (Lipinski definition) is 1. The molecule has 1 N–H and O–H groups in total. The third-order valence-electron chi connectivity index (χ3n) is 5.59.